The zero-order chi connectivity index (χ0) is 24.2. The van der Waals surface area contributed by atoms with Gasteiger partial charge in [0.25, 0.3) is 5.69 Å². The van der Waals surface area contributed by atoms with E-state index in [4.69, 9.17) is 38.5 Å². The number of nitro groups is 1. The lowest BCUT2D eigenvalue weighted by Crippen LogP contribution is -2.28. The first-order valence-electron chi connectivity index (χ1n) is 8.61. The number of hydrogen-bond acceptors (Lipinski definition) is 13. The van der Waals surface area contributed by atoms with Gasteiger partial charge in [0.1, 0.15) is 0 Å². The molecule has 0 spiro atoms. The molecule has 14 nitrogen and oxygen atoms in total. The maximum absolute atomic E-state index is 10.9. The van der Waals surface area contributed by atoms with Gasteiger partial charge in [-0.25, -0.2) is 0 Å². The van der Waals surface area contributed by atoms with E-state index >= 15 is 0 Å². The maximum Gasteiger partial charge on any atom is 0.270 e. The molecule has 0 aliphatic carbocycles. The summed E-state index contributed by atoms with van der Waals surface area (Å²) in [5.41, 5.74) is 1.73. The molecule has 1 heterocycles. The van der Waals surface area contributed by atoms with Crippen LogP contribution in [0.25, 0.3) is 10.9 Å². The topological polar surface area (TPSA) is 244 Å². The summed E-state index contributed by atoms with van der Waals surface area (Å²) in [6, 6.07) is 6.59. The van der Waals surface area contributed by atoms with Gasteiger partial charge in [-0.3, -0.25) is 15.1 Å². The van der Waals surface area contributed by atoms with Gasteiger partial charge in [0, 0.05) is 42.5 Å². The highest BCUT2D eigenvalue weighted by Gasteiger charge is 2.09. The SMILES string of the molecule is CCN(CC)CCNc1ccnc2ccc([N+](=O)[O-])cc12.O=P([O-])([O-])[O-].O=P([O-])([O-])[O-]. The molecule has 0 aliphatic rings. The normalized spacial score (nSPS) is 11.3. The van der Waals surface area contributed by atoms with Gasteiger partial charge < -0.3 is 48.7 Å². The molecule has 0 atom stereocenters. The summed E-state index contributed by atoms with van der Waals surface area (Å²) in [7, 11) is -10.8. The van der Waals surface area contributed by atoms with Gasteiger partial charge in [0.15, 0.2) is 0 Å². The average molecular weight is 478 g/mol. The minimum absolute atomic E-state index is 0.0855. The summed E-state index contributed by atoms with van der Waals surface area (Å²) in [5, 5.41) is 15.0. The van der Waals surface area contributed by atoms with E-state index in [2.05, 4.69) is 29.0 Å². The Morgan fingerprint density at radius 1 is 1.00 bits per heavy atom. The summed E-state index contributed by atoms with van der Waals surface area (Å²) in [5.74, 6) is 0. The second kappa shape index (κ2) is 13.4. The number of phosphoric acid groups is 2. The van der Waals surface area contributed by atoms with Crippen molar-refractivity contribution >= 4 is 37.9 Å². The molecule has 1 N–H and O–H groups in total. The number of pyridine rings is 1. The zero-order valence-electron chi connectivity index (χ0n) is 16.5. The van der Waals surface area contributed by atoms with Crippen LogP contribution in [0.3, 0.4) is 0 Å². The molecule has 0 radical (unpaired) electrons. The number of fused-ring (bicyclic) bond motifs is 1. The summed E-state index contributed by atoms with van der Waals surface area (Å²) in [6.45, 7) is 8.03. The molecule has 1 aromatic heterocycles. The van der Waals surface area contributed by atoms with Crippen molar-refractivity contribution < 1.29 is 43.4 Å². The van der Waals surface area contributed by atoms with Crippen LogP contribution in [0.15, 0.2) is 30.5 Å². The third-order valence-electron chi connectivity index (χ3n) is 3.57. The number of nitro benzene ring substituents is 1. The van der Waals surface area contributed by atoms with Crippen LogP contribution in [0.5, 0.6) is 0 Å². The molecule has 0 amide bonds. The molecule has 0 saturated carbocycles. The fourth-order valence-electron chi connectivity index (χ4n) is 2.29. The molecule has 0 bridgehead atoms. The van der Waals surface area contributed by atoms with Crippen LogP contribution in [0, 0.1) is 10.1 Å². The van der Waals surface area contributed by atoms with Gasteiger partial charge in [-0.15, -0.1) is 0 Å². The lowest BCUT2D eigenvalue weighted by molar-refractivity contribution is -0.434. The number of hydrogen-bond donors (Lipinski definition) is 1. The summed E-state index contributed by atoms with van der Waals surface area (Å²) in [6.07, 6.45) is 1.72. The van der Waals surface area contributed by atoms with E-state index in [-0.39, 0.29) is 10.6 Å². The van der Waals surface area contributed by atoms with Crippen molar-refractivity contribution in [2.24, 2.45) is 0 Å². The van der Waals surface area contributed by atoms with Crippen LogP contribution >= 0.6 is 15.6 Å². The second-order valence-corrected chi connectivity index (χ2v) is 7.45. The van der Waals surface area contributed by atoms with Crippen molar-refractivity contribution in [2.45, 2.75) is 13.8 Å². The van der Waals surface area contributed by atoms with Crippen LogP contribution in [0.4, 0.5) is 11.4 Å². The largest absolute Gasteiger partial charge is 0.822 e. The smallest absolute Gasteiger partial charge is 0.270 e. The van der Waals surface area contributed by atoms with E-state index in [1.165, 1.54) is 6.07 Å². The Morgan fingerprint density at radius 3 is 1.97 bits per heavy atom. The van der Waals surface area contributed by atoms with Crippen molar-refractivity contribution in [1.29, 1.82) is 0 Å². The second-order valence-electron chi connectivity index (χ2n) is 5.67. The van der Waals surface area contributed by atoms with E-state index in [0.29, 0.717) is 0 Å². The number of likely N-dealkylation sites (N-methyl/N-ethyl adjacent to an activating group) is 1. The molecular weight excluding hydrogens is 458 g/mol. The van der Waals surface area contributed by atoms with Gasteiger partial charge in [-0.05, 0) is 25.2 Å². The van der Waals surface area contributed by atoms with Gasteiger partial charge in [0.05, 0.1) is 10.4 Å². The number of aromatic nitrogens is 1. The van der Waals surface area contributed by atoms with E-state index in [1.54, 1.807) is 18.3 Å². The van der Waals surface area contributed by atoms with Crippen LogP contribution in [-0.4, -0.2) is 41.0 Å². The van der Waals surface area contributed by atoms with Crippen molar-refractivity contribution in [2.75, 3.05) is 31.5 Å². The summed E-state index contributed by atoms with van der Waals surface area (Å²) in [4.78, 5) is 68.4. The van der Waals surface area contributed by atoms with Gasteiger partial charge >= 0.3 is 0 Å². The molecule has 0 aliphatic heterocycles. The molecule has 0 fully saturated rings. The Morgan fingerprint density at radius 2 is 1.52 bits per heavy atom. The highest BCUT2D eigenvalue weighted by atomic mass is 31.2. The van der Waals surface area contributed by atoms with Crippen LogP contribution in [0.1, 0.15) is 13.8 Å². The number of rotatable bonds is 7. The molecule has 31 heavy (non-hydrogen) atoms. The molecule has 176 valence electrons. The molecule has 0 saturated heterocycles. The van der Waals surface area contributed by atoms with Crippen molar-refractivity contribution in [3.8, 4) is 0 Å². The Bertz CT molecular complexity index is 893. The fraction of sp³-hybridized carbons (Fsp3) is 0.400. The van der Waals surface area contributed by atoms with E-state index in [0.717, 1.165) is 42.8 Å². The van der Waals surface area contributed by atoms with Crippen LogP contribution in [0.2, 0.25) is 0 Å². The fourth-order valence-corrected chi connectivity index (χ4v) is 2.29. The molecule has 0 unspecified atom stereocenters. The van der Waals surface area contributed by atoms with E-state index in [9.17, 15) is 10.1 Å². The van der Waals surface area contributed by atoms with Gasteiger partial charge in [-0.1, -0.05) is 13.8 Å². The third-order valence-corrected chi connectivity index (χ3v) is 3.57. The third kappa shape index (κ3) is 15.5. The number of non-ortho nitro benzene ring substituents is 1. The van der Waals surface area contributed by atoms with Gasteiger partial charge in [0.2, 0.25) is 0 Å². The maximum atomic E-state index is 10.9. The average Bonchev–Trinajstić information content (AvgIpc) is 2.62. The Kier molecular flexibility index (Phi) is 12.6. The standard InChI is InChI=1S/C15H20N4O2.2H3O4P/c1-3-18(4-2)10-9-17-15-7-8-16-14-6-5-12(19(20)21)11-13(14)15;2*1-5(2,3)4/h5-8,11H,3-4,9-10H2,1-2H3,(H,16,17);2*(H3,1,2,3,4)/p-6. The van der Waals surface area contributed by atoms with Crippen LogP contribution in [-0.2, 0) is 9.13 Å². The first-order chi connectivity index (χ1) is 14.2. The Balaban J connectivity index is 0.000000752. The molecular formula is C15H20N4O10P2-6. The zero-order valence-corrected chi connectivity index (χ0v) is 18.3. The Labute approximate surface area is 177 Å². The van der Waals surface area contributed by atoms with Crippen molar-refractivity contribution in [1.82, 2.24) is 9.88 Å². The number of nitrogens with one attached hydrogen (secondary N) is 1. The molecule has 2 aromatic rings. The molecule has 2 rings (SSSR count). The quantitative estimate of drug-likeness (QED) is 0.241. The predicted molar refractivity (Wildman–Crippen MR) is 99.9 cm³/mol. The Hall–Kier alpha value is -1.99. The highest BCUT2D eigenvalue weighted by Crippen LogP contribution is 2.25. The van der Waals surface area contributed by atoms with Gasteiger partial charge in [-0.2, -0.15) is 15.6 Å². The molecule has 1 aromatic carbocycles. The minimum Gasteiger partial charge on any atom is -0.822 e. The lowest BCUT2D eigenvalue weighted by atomic mass is 10.1. The first-order valence-corrected chi connectivity index (χ1v) is 11.5. The predicted octanol–water partition coefficient (Wildman–Crippen LogP) is -2.75. The van der Waals surface area contributed by atoms with Crippen molar-refractivity contribution in [3.05, 3.63) is 40.6 Å². The summed E-state index contributed by atoms with van der Waals surface area (Å²) < 4.78 is 17.1. The first kappa shape index (κ1) is 29.0. The summed E-state index contributed by atoms with van der Waals surface area (Å²) >= 11 is 0. The van der Waals surface area contributed by atoms with E-state index in [1.807, 2.05) is 6.07 Å². The lowest BCUT2D eigenvalue weighted by Gasteiger charge is -2.36. The molecule has 16 heteroatoms. The van der Waals surface area contributed by atoms with E-state index < -0.39 is 15.6 Å². The van der Waals surface area contributed by atoms with Crippen molar-refractivity contribution in [3.63, 3.8) is 0 Å². The number of benzene rings is 1. The number of nitrogens with zero attached hydrogens (tertiary/aromatic N) is 3. The number of anilines is 1. The van der Waals surface area contributed by atoms with Crippen LogP contribution < -0.4 is 34.7 Å². The highest BCUT2D eigenvalue weighted by molar-refractivity contribution is 7.40. The monoisotopic (exact) mass is 478 g/mol. The minimum atomic E-state index is -5.39.